The molecule has 0 unspecified atom stereocenters. The van der Waals surface area contributed by atoms with Crippen molar-refractivity contribution < 1.29 is 23.9 Å². The van der Waals surface area contributed by atoms with E-state index in [-0.39, 0.29) is 31.5 Å². The van der Waals surface area contributed by atoms with E-state index >= 15 is 0 Å². The quantitative estimate of drug-likeness (QED) is 0.523. The first kappa shape index (κ1) is 19.4. The molecule has 3 amide bonds. The van der Waals surface area contributed by atoms with Crippen LogP contribution >= 0.6 is 0 Å². The van der Waals surface area contributed by atoms with Gasteiger partial charge in [-0.3, -0.25) is 24.1 Å². The Bertz CT molecular complexity index is 852. The van der Waals surface area contributed by atoms with Gasteiger partial charge in [0.05, 0.1) is 17.5 Å². The number of carbonyl (C=O) groups is 4. The lowest BCUT2D eigenvalue weighted by Crippen LogP contribution is -2.37. The van der Waals surface area contributed by atoms with Gasteiger partial charge in [-0.15, -0.1) is 0 Å². The van der Waals surface area contributed by atoms with Crippen molar-refractivity contribution in [3.8, 4) is 0 Å². The number of hydrogen-bond donors (Lipinski definition) is 0. The zero-order valence-electron chi connectivity index (χ0n) is 16.3. The monoisotopic (exact) mass is 396 g/mol. The summed E-state index contributed by atoms with van der Waals surface area (Å²) in [6.07, 6.45) is 8.02. The summed E-state index contributed by atoms with van der Waals surface area (Å²) < 4.78 is 5.15. The summed E-state index contributed by atoms with van der Waals surface area (Å²) in [4.78, 5) is 52.2. The molecular formula is C22H24N2O5. The number of allylic oxidation sites excluding steroid dienone is 2. The Morgan fingerprint density at radius 2 is 1.76 bits per heavy atom. The molecule has 0 spiro atoms. The van der Waals surface area contributed by atoms with E-state index in [1.165, 1.54) is 0 Å². The zero-order valence-corrected chi connectivity index (χ0v) is 16.3. The second-order valence-electron chi connectivity index (χ2n) is 7.65. The first-order valence-corrected chi connectivity index (χ1v) is 10.2. The van der Waals surface area contributed by atoms with E-state index in [9.17, 15) is 19.2 Å². The van der Waals surface area contributed by atoms with Crippen LogP contribution in [0.5, 0.6) is 0 Å². The lowest BCUT2D eigenvalue weighted by Gasteiger charge is -2.27. The largest absolute Gasteiger partial charge is 0.455 e. The highest BCUT2D eigenvalue weighted by atomic mass is 16.5. The molecule has 1 aromatic carbocycles. The zero-order chi connectivity index (χ0) is 20.4. The predicted molar refractivity (Wildman–Crippen MR) is 104 cm³/mol. The number of ether oxygens (including phenoxy) is 1. The Hall–Kier alpha value is -2.96. The standard InChI is InChI=1S/C22H24N2O5/c25-19(24(16-10-11-16)15-6-2-1-3-7-15)14-29-20(26)12-13-23-21(27)17-8-4-5-9-18(17)22(23)28/h4-6,8-9,16H,1-3,7,10-14H2. The second kappa shape index (κ2) is 8.19. The molecule has 29 heavy (non-hydrogen) atoms. The van der Waals surface area contributed by atoms with Crippen molar-refractivity contribution in [1.82, 2.24) is 9.80 Å². The van der Waals surface area contributed by atoms with E-state index in [0.717, 1.165) is 49.1 Å². The van der Waals surface area contributed by atoms with Crippen LogP contribution in [-0.2, 0) is 14.3 Å². The SMILES string of the molecule is O=C(CCN1C(=O)c2ccccc2C1=O)OCC(=O)N(C1=CCCCC1)C1CC1. The molecule has 7 nitrogen and oxygen atoms in total. The molecule has 0 atom stereocenters. The molecular weight excluding hydrogens is 372 g/mol. The van der Waals surface area contributed by atoms with Crippen molar-refractivity contribution in [3.05, 3.63) is 47.2 Å². The van der Waals surface area contributed by atoms with Gasteiger partial charge in [-0.2, -0.15) is 0 Å². The molecule has 1 heterocycles. The molecule has 2 aliphatic carbocycles. The third-order valence-corrected chi connectivity index (χ3v) is 5.53. The summed E-state index contributed by atoms with van der Waals surface area (Å²) in [5.74, 6) is -1.60. The molecule has 1 aromatic rings. The van der Waals surface area contributed by atoms with Crippen molar-refractivity contribution in [2.45, 2.75) is 51.0 Å². The maximum atomic E-state index is 12.6. The van der Waals surface area contributed by atoms with E-state index in [2.05, 4.69) is 6.08 Å². The minimum atomic E-state index is -0.594. The van der Waals surface area contributed by atoms with Crippen molar-refractivity contribution in [3.63, 3.8) is 0 Å². The topological polar surface area (TPSA) is 84.0 Å². The first-order chi connectivity index (χ1) is 14.1. The average Bonchev–Trinajstić information content (AvgIpc) is 3.54. The molecule has 1 saturated carbocycles. The van der Waals surface area contributed by atoms with E-state index < -0.39 is 17.8 Å². The van der Waals surface area contributed by atoms with Crippen molar-refractivity contribution in [2.75, 3.05) is 13.2 Å². The van der Waals surface area contributed by atoms with Crippen molar-refractivity contribution in [2.24, 2.45) is 0 Å². The Morgan fingerprint density at radius 1 is 1.07 bits per heavy atom. The molecule has 0 aromatic heterocycles. The molecule has 3 aliphatic rings. The minimum absolute atomic E-state index is 0.0587. The van der Waals surface area contributed by atoms with Crippen molar-refractivity contribution >= 4 is 23.7 Å². The van der Waals surface area contributed by atoms with Crippen LogP contribution in [0.1, 0.15) is 65.7 Å². The molecule has 1 aliphatic heterocycles. The summed E-state index contributed by atoms with van der Waals surface area (Å²) in [7, 11) is 0. The van der Waals surface area contributed by atoms with Crippen LogP contribution in [0.25, 0.3) is 0 Å². The maximum Gasteiger partial charge on any atom is 0.308 e. The summed E-state index contributed by atoms with van der Waals surface area (Å²) in [5.41, 5.74) is 1.74. The summed E-state index contributed by atoms with van der Waals surface area (Å²) in [6, 6.07) is 6.81. The average molecular weight is 396 g/mol. The van der Waals surface area contributed by atoms with Gasteiger partial charge >= 0.3 is 5.97 Å². The molecule has 0 N–H and O–H groups in total. The van der Waals surface area contributed by atoms with Gasteiger partial charge in [-0.05, 0) is 50.7 Å². The van der Waals surface area contributed by atoms with E-state index in [4.69, 9.17) is 4.74 Å². The number of fused-ring (bicyclic) bond motifs is 1. The number of benzene rings is 1. The highest BCUT2D eigenvalue weighted by Gasteiger charge is 2.36. The normalized spacial score (nSPS) is 18.3. The lowest BCUT2D eigenvalue weighted by atomic mass is 10.0. The Balaban J connectivity index is 1.28. The third-order valence-electron chi connectivity index (χ3n) is 5.53. The second-order valence-corrected chi connectivity index (χ2v) is 7.65. The van der Waals surface area contributed by atoms with Gasteiger partial charge in [-0.25, -0.2) is 0 Å². The molecule has 0 bridgehead atoms. The summed E-state index contributed by atoms with van der Waals surface area (Å²) in [5, 5.41) is 0. The molecule has 7 heteroatoms. The van der Waals surface area contributed by atoms with Crippen LogP contribution in [0.15, 0.2) is 36.0 Å². The highest BCUT2D eigenvalue weighted by Crippen LogP contribution is 2.33. The number of carbonyl (C=O) groups excluding carboxylic acids is 4. The third kappa shape index (κ3) is 4.09. The first-order valence-electron chi connectivity index (χ1n) is 10.2. The van der Waals surface area contributed by atoms with E-state index in [0.29, 0.717) is 11.1 Å². The van der Waals surface area contributed by atoms with Crippen LogP contribution < -0.4 is 0 Å². The van der Waals surface area contributed by atoms with Gasteiger partial charge in [0.1, 0.15) is 0 Å². The van der Waals surface area contributed by atoms with Crippen LogP contribution in [0.4, 0.5) is 0 Å². The van der Waals surface area contributed by atoms with Crippen LogP contribution in [0, 0.1) is 0 Å². The number of esters is 1. The van der Waals surface area contributed by atoms with Crippen LogP contribution in [-0.4, -0.2) is 52.7 Å². The van der Waals surface area contributed by atoms with Gasteiger partial charge in [0, 0.05) is 18.3 Å². The highest BCUT2D eigenvalue weighted by molar-refractivity contribution is 6.21. The van der Waals surface area contributed by atoms with Crippen LogP contribution in [0.3, 0.4) is 0 Å². The number of amides is 3. The Labute approximate surface area is 169 Å². The fourth-order valence-corrected chi connectivity index (χ4v) is 3.90. The van der Waals surface area contributed by atoms with Crippen LogP contribution in [0.2, 0.25) is 0 Å². The molecule has 4 rings (SSSR count). The number of nitrogens with zero attached hydrogens (tertiary/aromatic N) is 2. The maximum absolute atomic E-state index is 12.6. The fourth-order valence-electron chi connectivity index (χ4n) is 3.90. The van der Waals surface area contributed by atoms with Gasteiger partial charge in [0.2, 0.25) is 0 Å². The van der Waals surface area contributed by atoms with Gasteiger partial charge in [0.15, 0.2) is 6.61 Å². The predicted octanol–water partition coefficient (Wildman–Crippen LogP) is 2.66. The number of rotatable bonds is 7. The van der Waals surface area contributed by atoms with Gasteiger partial charge in [-0.1, -0.05) is 18.2 Å². The lowest BCUT2D eigenvalue weighted by molar-refractivity contribution is -0.151. The molecule has 1 fully saturated rings. The van der Waals surface area contributed by atoms with Gasteiger partial charge in [0.25, 0.3) is 17.7 Å². The minimum Gasteiger partial charge on any atom is -0.455 e. The molecule has 0 saturated heterocycles. The summed E-state index contributed by atoms with van der Waals surface area (Å²) in [6.45, 7) is -0.369. The Morgan fingerprint density at radius 3 is 2.34 bits per heavy atom. The smallest absolute Gasteiger partial charge is 0.308 e. The van der Waals surface area contributed by atoms with E-state index in [1.54, 1.807) is 29.2 Å². The van der Waals surface area contributed by atoms with E-state index in [1.807, 2.05) is 0 Å². The van der Waals surface area contributed by atoms with Gasteiger partial charge < -0.3 is 9.64 Å². The number of hydrogen-bond acceptors (Lipinski definition) is 5. The fraction of sp³-hybridized carbons (Fsp3) is 0.455. The Kier molecular flexibility index (Phi) is 5.47. The molecule has 0 radical (unpaired) electrons. The summed E-state index contributed by atoms with van der Waals surface area (Å²) >= 11 is 0. The van der Waals surface area contributed by atoms with Crippen molar-refractivity contribution in [1.29, 1.82) is 0 Å². The number of imide groups is 1. The molecule has 152 valence electrons.